The van der Waals surface area contributed by atoms with Crippen molar-refractivity contribution in [3.63, 3.8) is 0 Å². The minimum atomic E-state index is -1.06. The van der Waals surface area contributed by atoms with E-state index in [-0.39, 0.29) is 0 Å². The molecule has 0 aliphatic carbocycles. The second kappa shape index (κ2) is 9.62. The van der Waals surface area contributed by atoms with E-state index in [4.69, 9.17) is 5.73 Å². The van der Waals surface area contributed by atoms with Gasteiger partial charge >= 0.3 is 0 Å². The number of hydrogen-bond donors (Lipinski definition) is 3. The molecule has 132 valence electrons. The SMILES string of the molecule is C=N/C(C)=C\C(Nc1cccc(C(C)(C)O)n1)=C(/C)C(N)=O.CC. The molecule has 1 aromatic heterocycles. The molecule has 0 aliphatic heterocycles. The summed E-state index contributed by atoms with van der Waals surface area (Å²) in [4.78, 5) is 19.5. The van der Waals surface area contributed by atoms with Crippen LogP contribution in [0, 0.1) is 0 Å². The number of allylic oxidation sites excluding steroid dienone is 2. The van der Waals surface area contributed by atoms with Crippen molar-refractivity contribution in [1.82, 2.24) is 4.98 Å². The van der Waals surface area contributed by atoms with Gasteiger partial charge in [-0.2, -0.15) is 0 Å². The molecule has 0 saturated heterocycles. The van der Waals surface area contributed by atoms with Gasteiger partial charge in [0.1, 0.15) is 11.4 Å². The van der Waals surface area contributed by atoms with Crippen LogP contribution >= 0.6 is 0 Å². The molecule has 1 amide bonds. The predicted octanol–water partition coefficient (Wildman–Crippen LogP) is 3.11. The fourth-order valence-corrected chi connectivity index (χ4v) is 1.61. The van der Waals surface area contributed by atoms with Gasteiger partial charge in [0.2, 0.25) is 5.91 Å². The molecular formula is C18H28N4O2. The smallest absolute Gasteiger partial charge is 0.246 e. The van der Waals surface area contributed by atoms with Gasteiger partial charge in [-0.15, -0.1) is 0 Å². The first-order chi connectivity index (χ1) is 11.1. The summed E-state index contributed by atoms with van der Waals surface area (Å²) in [7, 11) is 0. The Morgan fingerprint density at radius 1 is 1.38 bits per heavy atom. The molecule has 0 unspecified atom stereocenters. The highest BCUT2D eigenvalue weighted by atomic mass is 16.3. The highest BCUT2D eigenvalue weighted by molar-refractivity contribution is 5.93. The van der Waals surface area contributed by atoms with E-state index in [9.17, 15) is 9.90 Å². The van der Waals surface area contributed by atoms with Crippen LogP contribution in [0.4, 0.5) is 5.82 Å². The summed E-state index contributed by atoms with van der Waals surface area (Å²) in [6.45, 7) is 14.1. The molecular weight excluding hydrogens is 304 g/mol. The summed E-state index contributed by atoms with van der Waals surface area (Å²) in [5, 5.41) is 13.0. The van der Waals surface area contributed by atoms with Crippen molar-refractivity contribution in [2.75, 3.05) is 5.32 Å². The number of nitrogens with one attached hydrogen (secondary N) is 1. The van der Waals surface area contributed by atoms with Crippen LogP contribution in [0.2, 0.25) is 0 Å². The molecule has 1 heterocycles. The Balaban J connectivity index is 0.00000254. The molecule has 0 bridgehead atoms. The Hall–Kier alpha value is -2.47. The molecule has 0 radical (unpaired) electrons. The summed E-state index contributed by atoms with van der Waals surface area (Å²) in [6.07, 6.45) is 1.66. The fraction of sp³-hybridized carbons (Fsp3) is 0.389. The minimum absolute atomic E-state index is 0.346. The van der Waals surface area contributed by atoms with E-state index in [1.807, 2.05) is 13.8 Å². The largest absolute Gasteiger partial charge is 0.384 e. The van der Waals surface area contributed by atoms with Crippen molar-refractivity contribution in [3.8, 4) is 0 Å². The molecule has 0 atom stereocenters. The number of nitrogens with zero attached hydrogens (tertiary/aromatic N) is 2. The van der Waals surface area contributed by atoms with Crippen LogP contribution in [0.15, 0.2) is 46.2 Å². The van der Waals surface area contributed by atoms with E-state index < -0.39 is 11.5 Å². The number of aliphatic hydroxyl groups is 1. The van der Waals surface area contributed by atoms with E-state index in [0.29, 0.717) is 28.5 Å². The zero-order valence-electron chi connectivity index (χ0n) is 15.3. The summed E-state index contributed by atoms with van der Waals surface area (Å²) in [5.74, 6) is -0.0578. The number of nitrogens with two attached hydrogens (primary N) is 1. The Kier molecular flexibility index (Phi) is 8.63. The van der Waals surface area contributed by atoms with Crippen LogP contribution in [-0.4, -0.2) is 22.7 Å². The third kappa shape index (κ3) is 6.75. The molecule has 0 aromatic carbocycles. The first-order valence-electron chi connectivity index (χ1n) is 7.77. The average Bonchev–Trinajstić information content (AvgIpc) is 2.54. The Labute approximate surface area is 144 Å². The number of rotatable bonds is 6. The average molecular weight is 332 g/mol. The van der Waals surface area contributed by atoms with Crippen molar-refractivity contribution in [2.24, 2.45) is 10.7 Å². The maximum Gasteiger partial charge on any atom is 0.246 e. The zero-order chi connectivity index (χ0) is 18.9. The van der Waals surface area contributed by atoms with Gasteiger partial charge in [-0.05, 0) is 52.6 Å². The number of aliphatic imine (C=N–C) groups is 1. The highest BCUT2D eigenvalue weighted by Gasteiger charge is 2.18. The van der Waals surface area contributed by atoms with E-state index in [1.54, 1.807) is 52.0 Å². The van der Waals surface area contributed by atoms with Crippen molar-refractivity contribution < 1.29 is 9.90 Å². The van der Waals surface area contributed by atoms with Crippen molar-refractivity contribution in [1.29, 1.82) is 0 Å². The summed E-state index contributed by atoms with van der Waals surface area (Å²) >= 11 is 0. The van der Waals surface area contributed by atoms with Crippen LogP contribution in [0.3, 0.4) is 0 Å². The number of primary amides is 1. The number of hydrogen-bond acceptors (Lipinski definition) is 5. The lowest BCUT2D eigenvalue weighted by atomic mass is 10.1. The number of carbonyl (C=O) groups is 1. The normalized spacial score (nSPS) is 12.5. The number of aromatic nitrogens is 1. The number of amides is 1. The van der Waals surface area contributed by atoms with E-state index >= 15 is 0 Å². The zero-order valence-corrected chi connectivity index (χ0v) is 15.3. The summed E-state index contributed by atoms with van der Waals surface area (Å²) in [5.41, 5.74) is 6.24. The third-order valence-electron chi connectivity index (χ3n) is 3.01. The van der Waals surface area contributed by atoms with Crippen molar-refractivity contribution in [2.45, 2.75) is 47.1 Å². The van der Waals surface area contributed by atoms with Crippen molar-refractivity contribution in [3.05, 3.63) is 46.9 Å². The molecule has 0 spiro atoms. The number of pyridine rings is 1. The van der Waals surface area contributed by atoms with E-state index in [2.05, 4.69) is 22.0 Å². The van der Waals surface area contributed by atoms with Crippen molar-refractivity contribution >= 4 is 18.4 Å². The van der Waals surface area contributed by atoms with Crippen LogP contribution in [-0.2, 0) is 10.4 Å². The monoisotopic (exact) mass is 332 g/mol. The summed E-state index contributed by atoms with van der Waals surface area (Å²) in [6, 6.07) is 5.22. The highest BCUT2D eigenvalue weighted by Crippen LogP contribution is 2.20. The van der Waals surface area contributed by atoms with Gasteiger partial charge in [-0.3, -0.25) is 9.79 Å². The van der Waals surface area contributed by atoms with Gasteiger partial charge in [0.15, 0.2) is 0 Å². The maximum atomic E-state index is 11.4. The lowest BCUT2D eigenvalue weighted by molar-refractivity contribution is -0.114. The molecule has 6 nitrogen and oxygen atoms in total. The molecule has 1 rings (SSSR count). The first-order valence-corrected chi connectivity index (χ1v) is 7.77. The van der Waals surface area contributed by atoms with Gasteiger partial charge in [-0.25, -0.2) is 4.98 Å². The predicted molar refractivity (Wildman–Crippen MR) is 99.7 cm³/mol. The molecule has 4 N–H and O–H groups in total. The minimum Gasteiger partial charge on any atom is -0.384 e. The van der Waals surface area contributed by atoms with Crippen LogP contribution in [0.1, 0.15) is 47.2 Å². The van der Waals surface area contributed by atoms with Gasteiger partial charge < -0.3 is 16.2 Å². The fourth-order valence-electron chi connectivity index (χ4n) is 1.61. The van der Waals surface area contributed by atoms with Gasteiger partial charge in [0.05, 0.1) is 5.69 Å². The maximum absolute atomic E-state index is 11.4. The molecule has 0 saturated carbocycles. The molecule has 24 heavy (non-hydrogen) atoms. The van der Waals surface area contributed by atoms with E-state index in [1.165, 1.54) is 0 Å². The van der Waals surface area contributed by atoms with E-state index in [0.717, 1.165) is 0 Å². The standard InChI is InChI=1S/C16H22N4O2.C2H6/c1-10(18-5)9-12(11(2)15(17)21)19-14-8-6-7-13(20-14)16(3,4)22;1-2/h6-9,22H,5H2,1-4H3,(H2,17,21)(H,19,20);1-2H3/b10-9-,12-11-;. The Morgan fingerprint density at radius 3 is 2.42 bits per heavy atom. The molecule has 0 fully saturated rings. The Morgan fingerprint density at radius 2 is 1.96 bits per heavy atom. The van der Waals surface area contributed by atoms with Crippen LogP contribution in [0.25, 0.3) is 0 Å². The van der Waals surface area contributed by atoms with Crippen LogP contribution < -0.4 is 11.1 Å². The van der Waals surface area contributed by atoms with Gasteiger partial charge in [0, 0.05) is 17.0 Å². The quantitative estimate of drug-likeness (QED) is 0.423. The number of carbonyl (C=O) groups excluding carboxylic acids is 1. The summed E-state index contributed by atoms with van der Waals surface area (Å²) < 4.78 is 0. The van der Waals surface area contributed by atoms with Gasteiger partial charge in [0.25, 0.3) is 0 Å². The lowest BCUT2D eigenvalue weighted by Gasteiger charge is -2.18. The molecule has 6 heteroatoms. The second-order valence-corrected chi connectivity index (χ2v) is 5.44. The topological polar surface area (TPSA) is 101 Å². The van der Waals surface area contributed by atoms with Crippen LogP contribution in [0.5, 0.6) is 0 Å². The third-order valence-corrected chi connectivity index (χ3v) is 3.01. The Bertz CT molecular complexity index is 641. The molecule has 0 aliphatic rings. The molecule has 1 aromatic rings. The lowest BCUT2D eigenvalue weighted by Crippen LogP contribution is -2.19. The number of anilines is 1. The van der Waals surface area contributed by atoms with Gasteiger partial charge in [-0.1, -0.05) is 19.9 Å². The first kappa shape index (κ1) is 21.5. The second-order valence-electron chi connectivity index (χ2n) is 5.44.